The first-order chi connectivity index (χ1) is 13.5. The molecule has 8 heteroatoms. The number of nitro groups is 1. The summed E-state index contributed by atoms with van der Waals surface area (Å²) in [6.07, 6.45) is 0. The molecule has 0 radical (unpaired) electrons. The van der Waals surface area contributed by atoms with Gasteiger partial charge in [-0.15, -0.1) is 0 Å². The topological polar surface area (TPSA) is 99.5 Å². The fourth-order valence-corrected chi connectivity index (χ4v) is 3.41. The van der Waals surface area contributed by atoms with E-state index < -0.39 is 4.92 Å². The van der Waals surface area contributed by atoms with Crippen LogP contribution in [0.2, 0.25) is 0 Å². The molecule has 1 aliphatic heterocycles. The van der Waals surface area contributed by atoms with Crippen molar-refractivity contribution >= 4 is 28.2 Å². The number of fused-ring (bicyclic) bond motifs is 1. The highest BCUT2D eigenvalue weighted by Crippen LogP contribution is 2.22. The molecule has 0 aliphatic carbocycles. The minimum absolute atomic E-state index is 0.0287. The molecule has 3 aromatic rings. The summed E-state index contributed by atoms with van der Waals surface area (Å²) in [5.74, 6) is -0.120. The van der Waals surface area contributed by atoms with Gasteiger partial charge in [-0.1, -0.05) is 0 Å². The standard InChI is InChI=1S/C20H18N4O4/c25-19-8-3-15-13-17(6-7-18(15)21-19)22-9-11-23(12-10-22)20(26)14-1-4-16(5-2-14)24(27)28/h1-8,13H,9-12H2,(H,21,25). The number of H-pyrrole nitrogens is 1. The molecule has 142 valence electrons. The third-order valence-corrected chi connectivity index (χ3v) is 4.96. The van der Waals surface area contributed by atoms with Crippen molar-refractivity contribution in [3.05, 3.63) is 80.6 Å². The molecule has 1 amide bonds. The number of aromatic nitrogens is 1. The normalized spacial score (nSPS) is 14.3. The van der Waals surface area contributed by atoms with Crippen molar-refractivity contribution in [2.45, 2.75) is 0 Å². The summed E-state index contributed by atoms with van der Waals surface area (Å²) in [4.78, 5) is 41.1. The van der Waals surface area contributed by atoms with Crippen LogP contribution in [0.5, 0.6) is 0 Å². The van der Waals surface area contributed by atoms with Crippen LogP contribution in [-0.2, 0) is 0 Å². The van der Waals surface area contributed by atoms with Crippen molar-refractivity contribution in [3.63, 3.8) is 0 Å². The van der Waals surface area contributed by atoms with E-state index in [1.807, 2.05) is 18.2 Å². The maximum Gasteiger partial charge on any atom is 0.269 e. The Hall–Kier alpha value is -3.68. The highest BCUT2D eigenvalue weighted by Gasteiger charge is 2.23. The summed E-state index contributed by atoms with van der Waals surface area (Å²) < 4.78 is 0. The summed E-state index contributed by atoms with van der Waals surface area (Å²) in [6.45, 7) is 2.51. The van der Waals surface area contributed by atoms with E-state index in [2.05, 4.69) is 9.88 Å². The lowest BCUT2D eigenvalue weighted by molar-refractivity contribution is -0.384. The minimum Gasteiger partial charge on any atom is -0.368 e. The van der Waals surface area contributed by atoms with Crippen LogP contribution in [0.25, 0.3) is 10.9 Å². The number of rotatable bonds is 3. The van der Waals surface area contributed by atoms with Crippen molar-refractivity contribution in [1.82, 2.24) is 9.88 Å². The predicted octanol–water partition coefficient (Wildman–Crippen LogP) is 2.40. The van der Waals surface area contributed by atoms with Crippen LogP contribution in [0, 0.1) is 10.1 Å². The van der Waals surface area contributed by atoms with E-state index in [0.717, 1.165) is 16.6 Å². The van der Waals surface area contributed by atoms with Crippen molar-refractivity contribution in [3.8, 4) is 0 Å². The van der Waals surface area contributed by atoms with Crippen LogP contribution in [-0.4, -0.2) is 46.9 Å². The highest BCUT2D eigenvalue weighted by molar-refractivity contribution is 5.94. The summed E-state index contributed by atoms with van der Waals surface area (Å²) in [5.41, 5.74) is 2.14. The molecule has 1 aromatic heterocycles. The predicted molar refractivity (Wildman–Crippen MR) is 106 cm³/mol. The first kappa shape index (κ1) is 17.7. The number of pyridine rings is 1. The SMILES string of the molecule is O=C(c1ccc([N+](=O)[O-])cc1)N1CCN(c2ccc3[nH]c(=O)ccc3c2)CC1. The second-order valence-electron chi connectivity index (χ2n) is 6.68. The number of nitrogens with one attached hydrogen (secondary N) is 1. The van der Waals surface area contributed by atoms with Crippen LogP contribution >= 0.6 is 0 Å². The van der Waals surface area contributed by atoms with Gasteiger partial charge in [0.05, 0.1) is 4.92 Å². The second-order valence-corrected chi connectivity index (χ2v) is 6.68. The Morgan fingerprint density at radius 1 is 0.964 bits per heavy atom. The van der Waals surface area contributed by atoms with E-state index in [-0.39, 0.29) is 17.2 Å². The number of piperazine rings is 1. The molecule has 1 aliphatic rings. The van der Waals surface area contributed by atoms with Crippen molar-refractivity contribution in [2.24, 2.45) is 0 Å². The second kappa shape index (κ2) is 7.15. The van der Waals surface area contributed by atoms with Gasteiger partial charge in [0.15, 0.2) is 0 Å². The lowest BCUT2D eigenvalue weighted by Crippen LogP contribution is -2.48. The Labute approximate surface area is 160 Å². The molecule has 28 heavy (non-hydrogen) atoms. The molecule has 2 heterocycles. The van der Waals surface area contributed by atoms with Crippen LogP contribution in [0.1, 0.15) is 10.4 Å². The number of non-ortho nitro benzene ring substituents is 1. The number of amides is 1. The van der Waals surface area contributed by atoms with Crippen molar-refractivity contribution in [2.75, 3.05) is 31.1 Å². The molecule has 0 atom stereocenters. The summed E-state index contributed by atoms with van der Waals surface area (Å²) >= 11 is 0. The van der Waals surface area contributed by atoms with Crippen LogP contribution in [0.15, 0.2) is 59.4 Å². The first-order valence-corrected chi connectivity index (χ1v) is 8.93. The smallest absolute Gasteiger partial charge is 0.269 e. The van der Waals surface area contributed by atoms with Gasteiger partial charge in [-0.2, -0.15) is 0 Å². The summed E-state index contributed by atoms with van der Waals surface area (Å²) in [6, 6.07) is 14.9. The third-order valence-electron chi connectivity index (χ3n) is 4.96. The van der Waals surface area contributed by atoms with E-state index in [9.17, 15) is 19.7 Å². The molecular weight excluding hydrogens is 360 g/mol. The Morgan fingerprint density at radius 2 is 1.68 bits per heavy atom. The Balaban J connectivity index is 1.44. The average Bonchev–Trinajstić information content (AvgIpc) is 2.73. The van der Waals surface area contributed by atoms with Gasteiger partial charge < -0.3 is 14.8 Å². The van der Waals surface area contributed by atoms with Crippen LogP contribution in [0.3, 0.4) is 0 Å². The summed E-state index contributed by atoms with van der Waals surface area (Å²) in [7, 11) is 0. The lowest BCUT2D eigenvalue weighted by atomic mass is 10.1. The molecule has 2 aromatic carbocycles. The molecule has 0 spiro atoms. The Bertz CT molecular complexity index is 1100. The molecule has 1 N–H and O–H groups in total. The molecule has 8 nitrogen and oxygen atoms in total. The van der Waals surface area contributed by atoms with E-state index in [1.54, 1.807) is 11.0 Å². The van der Waals surface area contributed by atoms with E-state index in [0.29, 0.717) is 31.7 Å². The van der Waals surface area contributed by atoms with Gasteiger partial charge in [-0.3, -0.25) is 19.7 Å². The fraction of sp³-hybridized carbons (Fsp3) is 0.200. The molecule has 0 unspecified atom stereocenters. The number of hydrogen-bond acceptors (Lipinski definition) is 5. The van der Waals surface area contributed by atoms with Gasteiger partial charge in [-0.25, -0.2) is 0 Å². The molecule has 1 fully saturated rings. The highest BCUT2D eigenvalue weighted by atomic mass is 16.6. The van der Waals surface area contributed by atoms with E-state index in [4.69, 9.17) is 0 Å². The quantitative estimate of drug-likeness (QED) is 0.557. The number of nitrogens with zero attached hydrogens (tertiary/aromatic N) is 3. The number of hydrogen-bond donors (Lipinski definition) is 1. The van der Waals surface area contributed by atoms with Gasteiger partial charge in [0.2, 0.25) is 5.56 Å². The van der Waals surface area contributed by atoms with Crippen LogP contribution in [0.4, 0.5) is 11.4 Å². The van der Waals surface area contributed by atoms with Gasteiger partial charge in [0, 0.05) is 66.5 Å². The fourth-order valence-electron chi connectivity index (χ4n) is 3.41. The van der Waals surface area contributed by atoms with Gasteiger partial charge >= 0.3 is 0 Å². The molecule has 0 bridgehead atoms. The monoisotopic (exact) mass is 378 g/mol. The van der Waals surface area contributed by atoms with Gasteiger partial charge in [0.25, 0.3) is 11.6 Å². The third kappa shape index (κ3) is 3.44. The lowest BCUT2D eigenvalue weighted by Gasteiger charge is -2.36. The molecule has 0 saturated carbocycles. The average molecular weight is 378 g/mol. The molecule has 1 saturated heterocycles. The number of carbonyl (C=O) groups is 1. The Morgan fingerprint density at radius 3 is 2.36 bits per heavy atom. The van der Waals surface area contributed by atoms with Gasteiger partial charge in [-0.05, 0) is 36.4 Å². The molecule has 4 rings (SSSR count). The van der Waals surface area contributed by atoms with E-state index >= 15 is 0 Å². The largest absolute Gasteiger partial charge is 0.368 e. The van der Waals surface area contributed by atoms with Crippen LogP contribution < -0.4 is 10.5 Å². The Kier molecular flexibility index (Phi) is 4.52. The van der Waals surface area contributed by atoms with Gasteiger partial charge in [0.1, 0.15) is 0 Å². The number of benzene rings is 2. The minimum atomic E-state index is -0.480. The van der Waals surface area contributed by atoms with Crippen molar-refractivity contribution < 1.29 is 9.72 Å². The summed E-state index contributed by atoms with van der Waals surface area (Å²) in [5, 5.41) is 11.7. The number of carbonyl (C=O) groups excluding carboxylic acids is 1. The zero-order valence-electron chi connectivity index (χ0n) is 15.0. The molecular formula is C20H18N4O4. The number of nitro benzene ring substituents is 1. The van der Waals surface area contributed by atoms with Crippen molar-refractivity contribution in [1.29, 1.82) is 0 Å². The maximum atomic E-state index is 12.6. The zero-order valence-corrected chi connectivity index (χ0v) is 15.0. The zero-order chi connectivity index (χ0) is 19.7. The number of anilines is 1. The maximum absolute atomic E-state index is 12.6. The number of aromatic amines is 1. The van der Waals surface area contributed by atoms with E-state index in [1.165, 1.54) is 30.3 Å². The first-order valence-electron chi connectivity index (χ1n) is 8.93.